The number of carbonyl (C=O) groups is 1. The summed E-state index contributed by atoms with van der Waals surface area (Å²) in [4.78, 5) is 10.7. The number of esters is 1. The summed E-state index contributed by atoms with van der Waals surface area (Å²) in [6.45, 7) is 6.94. The van der Waals surface area contributed by atoms with Crippen LogP contribution in [0.1, 0.15) is 31.9 Å². The Kier molecular flexibility index (Phi) is 5.70. The van der Waals surface area contributed by atoms with Gasteiger partial charge in [0.2, 0.25) is 0 Å². The van der Waals surface area contributed by atoms with E-state index in [9.17, 15) is 4.79 Å². The van der Waals surface area contributed by atoms with E-state index in [1.165, 1.54) is 18.1 Å². The summed E-state index contributed by atoms with van der Waals surface area (Å²) in [7, 11) is 0. The van der Waals surface area contributed by atoms with Crippen LogP contribution in [-0.4, -0.2) is 18.6 Å². The molecule has 1 atom stereocenters. The van der Waals surface area contributed by atoms with Crippen molar-refractivity contribution in [3.8, 4) is 0 Å². The highest BCUT2D eigenvalue weighted by Crippen LogP contribution is 2.04. The molecule has 0 fully saturated rings. The monoisotopic (exact) mass is 235 g/mol. The minimum Gasteiger partial charge on any atom is -0.462 e. The molecule has 3 nitrogen and oxygen atoms in total. The van der Waals surface area contributed by atoms with Crippen molar-refractivity contribution >= 4 is 5.97 Å². The largest absolute Gasteiger partial charge is 0.462 e. The third kappa shape index (κ3) is 5.50. The minimum absolute atomic E-state index is 0.0811. The maximum atomic E-state index is 10.7. The molecule has 0 aliphatic heterocycles. The third-order valence-corrected chi connectivity index (χ3v) is 2.56. The molecule has 0 aliphatic carbocycles. The van der Waals surface area contributed by atoms with Crippen LogP contribution in [0.15, 0.2) is 24.3 Å². The van der Waals surface area contributed by atoms with Crippen LogP contribution in [0.25, 0.3) is 0 Å². The first-order valence-corrected chi connectivity index (χ1v) is 6.07. The van der Waals surface area contributed by atoms with Crippen LogP contribution in [0.2, 0.25) is 0 Å². The van der Waals surface area contributed by atoms with Crippen LogP contribution in [0.4, 0.5) is 0 Å². The Morgan fingerprint density at radius 1 is 1.29 bits per heavy atom. The summed E-state index contributed by atoms with van der Waals surface area (Å²) >= 11 is 0. The number of aryl methyl sites for hydroxylation is 1. The van der Waals surface area contributed by atoms with Crippen molar-refractivity contribution < 1.29 is 9.53 Å². The molecule has 0 amide bonds. The number of carbonyl (C=O) groups excluding carboxylic acids is 1. The van der Waals surface area contributed by atoms with Crippen molar-refractivity contribution in [1.29, 1.82) is 0 Å². The molecule has 1 unspecified atom stereocenters. The van der Waals surface area contributed by atoms with Crippen molar-refractivity contribution in [2.45, 2.75) is 39.8 Å². The van der Waals surface area contributed by atoms with E-state index in [1.807, 2.05) is 6.92 Å². The lowest BCUT2D eigenvalue weighted by Gasteiger charge is -2.12. The molecule has 0 spiro atoms. The van der Waals surface area contributed by atoms with Crippen LogP contribution in [0.3, 0.4) is 0 Å². The Balaban J connectivity index is 2.28. The van der Waals surface area contributed by atoms with Gasteiger partial charge in [-0.2, -0.15) is 0 Å². The van der Waals surface area contributed by atoms with E-state index in [0.29, 0.717) is 6.54 Å². The second-order valence-corrected chi connectivity index (χ2v) is 4.22. The second kappa shape index (κ2) is 7.07. The summed E-state index contributed by atoms with van der Waals surface area (Å²) in [5.74, 6) is -0.230. The lowest BCUT2D eigenvalue weighted by Crippen LogP contribution is -2.27. The van der Waals surface area contributed by atoms with Crippen LogP contribution >= 0.6 is 0 Å². The van der Waals surface area contributed by atoms with Gasteiger partial charge in [0.1, 0.15) is 6.10 Å². The highest BCUT2D eigenvalue weighted by molar-refractivity contribution is 5.66. The molecular formula is C14H21NO2. The fraction of sp³-hybridized carbons (Fsp3) is 0.500. The smallest absolute Gasteiger partial charge is 0.302 e. The minimum atomic E-state index is -0.230. The van der Waals surface area contributed by atoms with Gasteiger partial charge >= 0.3 is 5.97 Å². The molecule has 0 aliphatic rings. The van der Waals surface area contributed by atoms with E-state index in [-0.39, 0.29) is 12.1 Å². The molecule has 1 aromatic rings. The van der Waals surface area contributed by atoms with Crippen LogP contribution in [0.5, 0.6) is 0 Å². The van der Waals surface area contributed by atoms with Crippen LogP contribution in [0, 0.1) is 0 Å². The Morgan fingerprint density at radius 3 is 2.41 bits per heavy atom. The average Bonchev–Trinajstić information content (AvgIpc) is 2.29. The van der Waals surface area contributed by atoms with Gasteiger partial charge < -0.3 is 10.1 Å². The molecule has 17 heavy (non-hydrogen) atoms. The molecule has 0 aromatic heterocycles. The van der Waals surface area contributed by atoms with Gasteiger partial charge in [-0.05, 0) is 24.5 Å². The molecule has 0 radical (unpaired) electrons. The van der Waals surface area contributed by atoms with Gasteiger partial charge in [0, 0.05) is 20.0 Å². The lowest BCUT2D eigenvalue weighted by molar-refractivity contribution is -0.145. The number of ether oxygens (including phenoxy) is 1. The van der Waals surface area contributed by atoms with E-state index < -0.39 is 0 Å². The first kappa shape index (κ1) is 13.7. The SMILES string of the molecule is CCc1ccc(CNCC(C)OC(C)=O)cc1. The Bertz CT molecular complexity index is 346. The van der Waals surface area contributed by atoms with Gasteiger partial charge in [-0.15, -0.1) is 0 Å². The van der Waals surface area contributed by atoms with Crippen molar-refractivity contribution in [3.63, 3.8) is 0 Å². The molecule has 0 saturated carbocycles. The molecule has 1 aromatic carbocycles. The molecule has 1 rings (SSSR count). The number of hydrogen-bond acceptors (Lipinski definition) is 3. The van der Waals surface area contributed by atoms with Crippen molar-refractivity contribution in [2.75, 3.05) is 6.54 Å². The Labute approximate surface area is 103 Å². The summed E-state index contributed by atoms with van der Waals surface area (Å²) in [5.41, 5.74) is 2.60. The summed E-state index contributed by atoms with van der Waals surface area (Å²) in [6, 6.07) is 8.55. The van der Waals surface area contributed by atoms with E-state index in [2.05, 4.69) is 36.5 Å². The number of rotatable bonds is 6. The summed E-state index contributed by atoms with van der Waals surface area (Å²) in [6.07, 6.45) is 0.986. The van der Waals surface area contributed by atoms with Gasteiger partial charge in [-0.3, -0.25) is 4.79 Å². The van der Waals surface area contributed by atoms with E-state index in [0.717, 1.165) is 13.0 Å². The maximum absolute atomic E-state index is 10.7. The van der Waals surface area contributed by atoms with Crippen molar-refractivity contribution in [2.24, 2.45) is 0 Å². The van der Waals surface area contributed by atoms with Gasteiger partial charge in [0.25, 0.3) is 0 Å². The lowest BCUT2D eigenvalue weighted by atomic mass is 10.1. The summed E-state index contributed by atoms with van der Waals surface area (Å²) in [5, 5.41) is 3.27. The zero-order valence-corrected chi connectivity index (χ0v) is 10.8. The Morgan fingerprint density at radius 2 is 1.88 bits per heavy atom. The molecule has 0 heterocycles. The highest BCUT2D eigenvalue weighted by Gasteiger charge is 2.04. The number of nitrogens with one attached hydrogen (secondary N) is 1. The highest BCUT2D eigenvalue weighted by atomic mass is 16.5. The molecular weight excluding hydrogens is 214 g/mol. The van der Waals surface area contributed by atoms with Crippen LogP contribution < -0.4 is 5.32 Å². The predicted octanol–water partition coefficient (Wildman–Crippen LogP) is 2.29. The van der Waals surface area contributed by atoms with Crippen molar-refractivity contribution in [1.82, 2.24) is 5.32 Å². The average molecular weight is 235 g/mol. The van der Waals surface area contributed by atoms with E-state index >= 15 is 0 Å². The summed E-state index contributed by atoms with van der Waals surface area (Å²) < 4.78 is 5.02. The third-order valence-electron chi connectivity index (χ3n) is 2.56. The fourth-order valence-corrected chi connectivity index (χ4v) is 1.64. The van der Waals surface area contributed by atoms with E-state index in [1.54, 1.807) is 0 Å². The first-order chi connectivity index (χ1) is 8.11. The number of benzene rings is 1. The maximum Gasteiger partial charge on any atom is 0.302 e. The molecule has 1 N–H and O–H groups in total. The van der Waals surface area contributed by atoms with Gasteiger partial charge in [0.05, 0.1) is 0 Å². The standard InChI is InChI=1S/C14H21NO2/c1-4-13-5-7-14(8-6-13)10-15-9-11(2)17-12(3)16/h5-8,11,15H,4,9-10H2,1-3H3. The van der Waals surface area contributed by atoms with Crippen LogP contribution in [-0.2, 0) is 22.5 Å². The quantitative estimate of drug-likeness (QED) is 0.769. The van der Waals surface area contributed by atoms with Gasteiger partial charge in [-0.1, -0.05) is 31.2 Å². The molecule has 0 saturated heterocycles. The Hall–Kier alpha value is -1.35. The number of hydrogen-bond donors (Lipinski definition) is 1. The van der Waals surface area contributed by atoms with Gasteiger partial charge in [-0.25, -0.2) is 0 Å². The second-order valence-electron chi connectivity index (χ2n) is 4.22. The zero-order chi connectivity index (χ0) is 12.7. The topological polar surface area (TPSA) is 38.3 Å². The molecule has 94 valence electrons. The molecule has 0 bridgehead atoms. The first-order valence-electron chi connectivity index (χ1n) is 6.07. The van der Waals surface area contributed by atoms with Gasteiger partial charge in [0.15, 0.2) is 0 Å². The predicted molar refractivity (Wildman–Crippen MR) is 68.8 cm³/mol. The van der Waals surface area contributed by atoms with Crippen molar-refractivity contribution in [3.05, 3.63) is 35.4 Å². The zero-order valence-electron chi connectivity index (χ0n) is 10.8. The fourth-order valence-electron chi connectivity index (χ4n) is 1.64. The molecule has 3 heteroatoms. The van der Waals surface area contributed by atoms with E-state index in [4.69, 9.17) is 4.74 Å². The normalized spacial score (nSPS) is 12.2.